The zero-order chi connectivity index (χ0) is 16.0. The fourth-order valence-corrected chi connectivity index (χ4v) is 3.68. The van der Waals surface area contributed by atoms with Gasteiger partial charge in [0.2, 0.25) is 0 Å². The molecule has 124 valence electrons. The Morgan fingerprint density at radius 1 is 1.27 bits per heavy atom. The summed E-state index contributed by atoms with van der Waals surface area (Å²) in [6, 6.07) is 8.87. The van der Waals surface area contributed by atoms with Crippen LogP contribution in [0, 0.1) is 0 Å². The molecular weight excluding hydrogens is 274 g/mol. The van der Waals surface area contributed by atoms with Crippen LogP contribution >= 0.6 is 0 Å². The van der Waals surface area contributed by atoms with Crippen molar-refractivity contribution in [2.24, 2.45) is 0 Å². The normalized spacial score (nSPS) is 25.4. The molecule has 2 N–H and O–H groups in total. The molecule has 2 atom stereocenters. The average molecular weight is 305 g/mol. The molecular formula is C18H31N3O. The van der Waals surface area contributed by atoms with Crippen LogP contribution in [0.15, 0.2) is 24.3 Å². The van der Waals surface area contributed by atoms with Crippen molar-refractivity contribution < 1.29 is 4.74 Å². The first kappa shape index (κ1) is 17.3. The molecule has 22 heavy (non-hydrogen) atoms. The van der Waals surface area contributed by atoms with Gasteiger partial charge < -0.3 is 20.3 Å². The predicted octanol–water partition coefficient (Wildman–Crippen LogP) is 2.20. The van der Waals surface area contributed by atoms with E-state index < -0.39 is 0 Å². The minimum Gasteiger partial charge on any atom is -0.496 e. The summed E-state index contributed by atoms with van der Waals surface area (Å²) in [6.07, 6.45) is 4.89. The number of ether oxygens (including phenoxy) is 1. The zero-order valence-corrected chi connectivity index (χ0v) is 14.5. The Balaban J connectivity index is 2.26. The molecule has 0 aliphatic heterocycles. The average Bonchev–Trinajstić information content (AvgIpc) is 2.55. The molecule has 1 aromatic rings. The fourth-order valence-electron chi connectivity index (χ4n) is 3.68. The molecule has 2 unspecified atom stereocenters. The first-order chi connectivity index (χ1) is 10.6. The van der Waals surface area contributed by atoms with Crippen molar-refractivity contribution in [3.8, 4) is 5.75 Å². The lowest BCUT2D eigenvalue weighted by atomic mass is 9.72. The van der Waals surface area contributed by atoms with Gasteiger partial charge >= 0.3 is 0 Å². The van der Waals surface area contributed by atoms with E-state index in [1.807, 2.05) is 6.07 Å². The van der Waals surface area contributed by atoms with Crippen LogP contribution in [-0.4, -0.2) is 52.3 Å². The van der Waals surface area contributed by atoms with Crippen LogP contribution in [0.25, 0.3) is 0 Å². The quantitative estimate of drug-likeness (QED) is 0.810. The molecule has 1 aliphatic carbocycles. The Morgan fingerprint density at radius 2 is 2.05 bits per heavy atom. The number of rotatable bonds is 7. The van der Waals surface area contributed by atoms with Crippen LogP contribution in [-0.2, 0) is 5.54 Å². The topological polar surface area (TPSA) is 36.5 Å². The fraction of sp³-hybridized carbons (Fsp3) is 0.667. The Morgan fingerprint density at radius 3 is 2.73 bits per heavy atom. The van der Waals surface area contributed by atoms with Crippen LogP contribution in [0.1, 0.15) is 31.2 Å². The maximum atomic E-state index is 5.64. The maximum absolute atomic E-state index is 5.64. The lowest BCUT2D eigenvalue weighted by molar-refractivity contribution is 0.170. The van der Waals surface area contributed by atoms with Crippen molar-refractivity contribution in [3.63, 3.8) is 0 Å². The van der Waals surface area contributed by atoms with E-state index in [2.05, 4.69) is 54.9 Å². The first-order valence-corrected chi connectivity index (χ1v) is 8.34. The monoisotopic (exact) mass is 305 g/mol. The molecule has 0 bridgehead atoms. The van der Waals surface area contributed by atoms with E-state index in [1.165, 1.54) is 24.8 Å². The summed E-state index contributed by atoms with van der Waals surface area (Å²) >= 11 is 0. The van der Waals surface area contributed by atoms with E-state index in [-0.39, 0.29) is 5.54 Å². The van der Waals surface area contributed by atoms with E-state index in [9.17, 15) is 0 Å². The molecule has 0 heterocycles. The zero-order valence-electron chi connectivity index (χ0n) is 14.5. The molecule has 0 spiro atoms. The summed E-state index contributed by atoms with van der Waals surface area (Å²) < 4.78 is 5.64. The van der Waals surface area contributed by atoms with E-state index in [4.69, 9.17) is 4.74 Å². The molecule has 1 aliphatic rings. The van der Waals surface area contributed by atoms with Gasteiger partial charge in [-0.2, -0.15) is 0 Å². The number of hydrogen-bond donors (Lipinski definition) is 2. The highest BCUT2D eigenvalue weighted by Gasteiger charge is 2.42. The molecule has 0 amide bonds. The maximum Gasteiger partial charge on any atom is 0.123 e. The second-order valence-corrected chi connectivity index (χ2v) is 6.48. The molecule has 4 nitrogen and oxygen atoms in total. The molecule has 4 heteroatoms. The van der Waals surface area contributed by atoms with Crippen LogP contribution < -0.4 is 15.4 Å². The predicted molar refractivity (Wildman–Crippen MR) is 92.5 cm³/mol. The van der Waals surface area contributed by atoms with Crippen LogP contribution in [0.4, 0.5) is 0 Å². The second-order valence-electron chi connectivity index (χ2n) is 6.48. The number of benzene rings is 1. The summed E-state index contributed by atoms with van der Waals surface area (Å²) in [4.78, 5) is 2.22. The van der Waals surface area contributed by atoms with E-state index in [0.717, 1.165) is 25.3 Å². The van der Waals surface area contributed by atoms with Crippen molar-refractivity contribution in [1.29, 1.82) is 0 Å². The van der Waals surface area contributed by atoms with E-state index in [1.54, 1.807) is 7.11 Å². The third kappa shape index (κ3) is 3.62. The van der Waals surface area contributed by atoms with Gasteiger partial charge in [-0.25, -0.2) is 0 Å². The van der Waals surface area contributed by atoms with Crippen molar-refractivity contribution in [1.82, 2.24) is 15.5 Å². The minimum atomic E-state index is -0.0445. The van der Waals surface area contributed by atoms with E-state index >= 15 is 0 Å². The SMILES string of the molecule is CNC1(c2ccccc2OC)CCCCC1NCCN(C)C. The molecule has 2 rings (SSSR count). The molecule has 1 saturated carbocycles. The highest BCUT2D eigenvalue weighted by molar-refractivity contribution is 5.41. The summed E-state index contributed by atoms with van der Waals surface area (Å²) in [6.45, 7) is 2.07. The van der Waals surface area contributed by atoms with Crippen LogP contribution in [0.2, 0.25) is 0 Å². The Kier molecular flexibility index (Phi) is 6.24. The van der Waals surface area contributed by atoms with Crippen molar-refractivity contribution >= 4 is 0 Å². The number of hydrogen-bond acceptors (Lipinski definition) is 4. The Labute approximate surface area is 135 Å². The third-order valence-corrected chi connectivity index (χ3v) is 4.89. The van der Waals surface area contributed by atoms with Crippen LogP contribution in [0.3, 0.4) is 0 Å². The third-order valence-electron chi connectivity index (χ3n) is 4.89. The molecule has 0 radical (unpaired) electrons. The van der Waals surface area contributed by atoms with Gasteiger partial charge in [0.25, 0.3) is 0 Å². The largest absolute Gasteiger partial charge is 0.496 e. The number of nitrogens with one attached hydrogen (secondary N) is 2. The standard InChI is InChI=1S/C18H31N3O/c1-19-18(15-9-5-6-10-16(15)22-4)12-8-7-11-17(18)20-13-14-21(2)3/h5-6,9-10,17,19-20H,7-8,11-14H2,1-4H3. The Bertz CT molecular complexity index is 463. The van der Waals surface area contributed by atoms with Crippen LogP contribution in [0.5, 0.6) is 5.75 Å². The Hall–Kier alpha value is -1.10. The van der Waals surface area contributed by atoms with Gasteiger partial charge in [-0.05, 0) is 40.1 Å². The van der Waals surface area contributed by atoms with Gasteiger partial charge in [0.05, 0.1) is 12.6 Å². The number of methoxy groups -OCH3 is 1. The van der Waals surface area contributed by atoms with Crippen molar-refractivity contribution in [2.75, 3.05) is 41.3 Å². The number of nitrogens with zero attached hydrogens (tertiary/aromatic N) is 1. The highest BCUT2D eigenvalue weighted by atomic mass is 16.5. The van der Waals surface area contributed by atoms with Crippen molar-refractivity contribution in [2.45, 2.75) is 37.3 Å². The lowest BCUT2D eigenvalue weighted by Gasteiger charge is -2.45. The molecule has 0 aromatic heterocycles. The van der Waals surface area contributed by atoms with Gasteiger partial charge in [-0.1, -0.05) is 31.0 Å². The first-order valence-electron chi connectivity index (χ1n) is 8.34. The summed E-state index contributed by atoms with van der Waals surface area (Å²) in [5, 5.41) is 7.43. The number of likely N-dealkylation sites (N-methyl/N-ethyl adjacent to an activating group) is 2. The smallest absolute Gasteiger partial charge is 0.123 e. The van der Waals surface area contributed by atoms with Gasteiger partial charge in [-0.3, -0.25) is 0 Å². The van der Waals surface area contributed by atoms with Crippen molar-refractivity contribution in [3.05, 3.63) is 29.8 Å². The molecule has 1 fully saturated rings. The highest BCUT2D eigenvalue weighted by Crippen LogP contribution is 2.41. The van der Waals surface area contributed by atoms with Gasteiger partial charge in [0.15, 0.2) is 0 Å². The minimum absolute atomic E-state index is 0.0445. The summed E-state index contributed by atoms with van der Waals surface area (Å²) in [7, 11) is 8.08. The molecule has 0 saturated heterocycles. The summed E-state index contributed by atoms with van der Waals surface area (Å²) in [5.74, 6) is 0.984. The van der Waals surface area contributed by atoms with Gasteiger partial charge in [0, 0.05) is 24.7 Å². The number of para-hydroxylation sites is 1. The van der Waals surface area contributed by atoms with E-state index in [0.29, 0.717) is 6.04 Å². The van der Waals surface area contributed by atoms with Gasteiger partial charge in [0.1, 0.15) is 5.75 Å². The summed E-state index contributed by atoms with van der Waals surface area (Å²) in [5.41, 5.74) is 1.24. The molecule has 1 aromatic carbocycles. The van der Waals surface area contributed by atoms with Gasteiger partial charge in [-0.15, -0.1) is 0 Å². The second kappa shape index (κ2) is 7.95. The lowest BCUT2D eigenvalue weighted by Crippen LogP contribution is -2.58.